The van der Waals surface area contributed by atoms with Crippen molar-refractivity contribution in [3.05, 3.63) is 70.9 Å². The molecule has 1 heterocycles. The summed E-state index contributed by atoms with van der Waals surface area (Å²) in [4.78, 5) is 15.5. The molecule has 3 rings (SSSR count). The molecule has 0 aliphatic rings. The summed E-state index contributed by atoms with van der Waals surface area (Å²) < 4.78 is 39.3. The van der Waals surface area contributed by atoms with Crippen molar-refractivity contribution in [2.24, 2.45) is 0 Å². The van der Waals surface area contributed by atoms with Gasteiger partial charge in [0.2, 0.25) is 0 Å². The molecule has 28 heavy (non-hydrogen) atoms. The van der Waals surface area contributed by atoms with E-state index in [0.29, 0.717) is 5.56 Å². The van der Waals surface area contributed by atoms with Crippen molar-refractivity contribution in [1.82, 2.24) is 4.98 Å². The van der Waals surface area contributed by atoms with E-state index in [4.69, 9.17) is 0 Å². The fourth-order valence-corrected chi connectivity index (χ4v) is 2.99. The third-order valence-corrected chi connectivity index (χ3v) is 4.36. The Morgan fingerprint density at radius 1 is 1.21 bits per heavy atom. The van der Waals surface area contributed by atoms with E-state index < -0.39 is 23.3 Å². The van der Waals surface area contributed by atoms with E-state index >= 15 is 0 Å². The molecule has 1 aromatic heterocycles. The van der Waals surface area contributed by atoms with Gasteiger partial charge in [-0.15, -0.1) is 0 Å². The third kappa shape index (κ3) is 3.76. The van der Waals surface area contributed by atoms with Crippen LogP contribution in [0, 0.1) is 11.3 Å². The standard InChI is InChI=1S/C21H16F3N3O/c1-2-13-6-5-7-16-15(12-26-19(13)16)10-14(11-25)20(28)27-18-9-4-3-8-17(18)21(22,23)24/h3-10,12,26H,2H2,1H3,(H,27,28)/b14-10+. The highest BCUT2D eigenvalue weighted by Gasteiger charge is 2.33. The van der Waals surface area contributed by atoms with Crippen LogP contribution in [0.1, 0.15) is 23.6 Å². The number of nitrogens with one attached hydrogen (secondary N) is 2. The van der Waals surface area contributed by atoms with Crippen molar-refractivity contribution in [1.29, 1.82) is 5.26 Å². The van der Waals surface area contributed by atoms with Crippen LogP contribution in [0.4, 0.5) is 18.9 Å². The summed E-state index contributed by atoms with van der Waals surface area (Å²) in [7, 11) is 0. The lowest BCUT2D eigenvalue weighted by Gasteiger charge is -2.13. The first kappa shape index (κ1) is 19.2. The Hall–Kier alpha value is -3.53. The molecule has 0 aliphatic heterocycles. The lowest BCUT2D eigenvalue weighted by molar-refractivity contribution is -0.137. The third-order valence-electron chi connectivity index (χ3n) is 4.36. The molecular weight excluding hydrogens is 367 g/mol. The Morgan fingerprint density at radius 3 is 2.64 bits per heavy atom. The molecule has 0 saturated carbocycles. The second kappa shape index (κ2) is 7.61. The molecule has 4 nitrogen and oxygen atoms in total. The largest absolute Gasteiger partial charge is 0.418 e. The van der Waals surface area contributed by atoms with Gasteiger partial charge >= 0.3 is 6.18 Å². The van der Waals surface area contributed by atoms with Crippen molar-refractivity contribution in [3.8, 4) is 6.07 Å². The number of carbonyl (C=O) groups is 1. The number of nitrogens with zero attached hydrogens (tertiary/aromatic N) is 1. The number of hydrogen-bond donors (Lipinski definition) is 2. The van der Waals surface area contributed by atoms with Gasteiger partial charge < -0.3 is 10.3 Å². The Morgan fingerprint density at radius 2 is 1.96 bits per heavy atom. The van der Waals surface area contributed by atoms with Crippen molar-refractivity contribution >= 4 is 28.6 Å². The van der Waals surface area contributed by atoms with Gasteiger partial charge in [0.1, 0.15) is 11.6 Å². The summed E-state index contributed by atoms with van der Waals surface area (Å²) in [5.74, 6) is -0.903. The summed E-state index contributed by atoms with van der Waals surface area (Å²) in [6.07, 6.45) is -0.781. The number of H-pyrrole nitrogens is 1. The maximum absolute atomic E-state index is 13.1. The van der Waals surface area contributed by atoms with Gasteiger partial charge in [0.15, 0.2) is 0 Å². The van der Waals surface area contributed by atoms with E-state index in [1.807, 2.05) is 25.1 Å². The number of benzene rings is 2. The number of amides is 1. The second-order valence-electron chi connectivity index (χ2n) is 6.10. The van der Waals surface area contributed by atoms with Crippen LogP contribution in [0.15, 0.2) is 54.2 Å². The average Bonchev–Trinajstić information content (AvgIpc) is 3.08. The van der Waals surface area contributed by atoms with Crippen molar-refractivity contribution in [2.75, 3.05) is 5.32 Å². The summed E-state index contributed by atoms with van der Waals surface area (Å²) in [5, 5.41) is 12.4. The lowest BCUT2D eigenvalue weighted by atomic mass is 10.1. The molecule has 0 bridgehead atoms. The smallest absolute Gasteiger partial charge is 0.360 e. The highest BCUT2D eigenvalue weighted by Crippen LogP contribution is 2.34. The number of nitriles is 1. The first-order valence-electron chi connectivity index (χ1n) is 8.53. The van der Waals surface area contributed by atoms with E-state index in [1.165, 1.54) is 18.2 Å². The summed E-state index contributed by atoms with van der Waals surface area (Å²) in [6.45, 7) is 2.01. The minimum Gasteiger partial charge on any atom is -0.360 e. The minimum absolute atomic E-state index is 0.292. The van der Waals surface area contributed by atoms with Gasteiger partial charge in [-0.1, -0.05) is 37.3 Å². The highest BCUT2D eigenvalue weighted by molar-refractivity contribution is 6.11. The van der Waals surface area contributed by atoms with Crippen LogP contribution in [-0.2, 0) is 17.4 Å². The number of aromatic nitrogens is 1. The van der Waals surface area contributed by atoms with Crippen LogP contribution >= 0.6 is 0 Å². The number of rotatable bonds is 4. The maximum Gasteiger partial charge on any atom is 0.418 e. The van der Waals surface area contributed by atoms with Crippen molar-refractivity contribution in [3.63, 3.8) is 0 Å². The average molecular weight is 383 g/mol. The van der Waals surface area contributed by atoms with Gasteiger partial charge in [-0.2, -0.15) is 18.4 Å². The zero-order valence-corrected chi connectivity index (χ0v) is 14.9. The predicted octanol–water partition coefficient (Wildman–Crippen LogP) is 5.29. The van der Waals surface area contributed by atoms with Crippen LogP contribution in [0.2, 0.25) is 0 Å². The number of para-hydroxylation sites is 2. The summed E-state index contributed by atoms with van der Waals surface area (Å²) in [6, 6.07) is 12.1. The molecule has 0 atom stereocenters. The second-order valence-corrected chi connectivity index (χ2v) is 6.10. The van der Waals surface area contributed by atoms with Crippen LogP contribution in [-0.4, -0.2) is 10.9 Å². The molecule has 7 heteroatoms. The number of halogens is 3. The zero-order chi connectivity index (χ0) is 20.3. The van der Waals surface area contributed by atoms with E-state index in [-0.39, 0.29) is 5.57 Å². The van der Waals surface area contributed by atoms with Gasteiger partial charge in [0.05, 0.1) is 11.3 Å². The summed E-state index contributed by atoms with van der Waals surface area (Å²) in [5.41, 5.74) is 0.935. The van der Waals surface area contributed by atoms with Crippen LogP contribution in [0.25, 0.3) is 17.0 Å². The molecule has 0 aliphatic carbocycles. The first-order valence-corrected chi connectivity index (χ1v) is 8.53. The Kier molecular flexibility index (Phi) is 5.23. The lowest BCUT2D eigenvalue weighted by Crippen LogP contribution is -2.17. The number of fused-ring (bicyclic) bond motifs is 1. The van der Waals surface area contributed by atoms with Crippen molar-refractivity contribution < 1.29 is 18.0 Å². The fourth-order valence-electron chi connectivity index (χ4n) is 2.99. The Labute approximate surface area is 159 Å². The van der Waals surface area contributed by atoms with Crippen LogP contribution < -0.4 is 5.32 Å². The van der Waals surface area contributed by atoms with Crippen LogP contribution in [0.3, 0.4) is 0 Å². The fraction of sp³-hybridized carbons (Fsp3) is 0.143. The molecule has 3 aromatic rings. The van der Waals surface area contributed by atoms with Crippen LogP contribution in [0.5, 0.6) is 0 Å². The molecule has 0 unspecified atom stereocenters. The molecule has 142 valence electrons. The number of alkyl halides is 3. The zero-order valence-electron chi connectivity index (χ0n) is 14.9. The molecule has 0 spiro atoms. The number of anilines is 1. The van der Waals surface area contributed by atoms with Gasteiger partial charge in [-0.05, 0) is 30.2 Å². The molecule has 2 aromatic carbocycles. The van der Waals surface area contributed by atoms with Gasteiger partial charge in [0.25, 0.3) is 5.91 Å². The van der Waals surface area contributed by atoms with E-state index in [2.05, 4.69) is 10.3 Å². The van der Waals surface area contributed by atoms with E-state index in [9.17, 15) is 23.2 Å². The van der Waals surface area contributed by atoms with E-state index in [1.54, 1.807) is 12.3 Å². The quantitative estimate of drug-likeness (QED) is 0.474. The molecule has 0 radical (unpaired) electrons. The molecule has 1 amide bonds. The topological polar surface area (TPSA) is 68.7 Å². The number of hydrogen-bond acceptors (Lipinski definition) is 2. The number of aromatic amines is 1. The summed E-state index contributed by atoms with van der Waals surface area (Å²) >= 11 is 0. The minimum atomic E-state index is -4.62. The maximum atomic E-state index is 13.1. The Balaban J connectivity index is 1.95. The van der Waals surface area contributed by atoms with E-state index in [0.717, 1.165) is 35.0 Å². The molecule has 0 saturated heterocycles. The SMILES string of the molecule is CCc1cccc2c(/C=C(\C#N)C(=O)Nc3ccccc3C(F)(F)F)c[nH]c12. The van der Waals surface area contributed by atoms with Gasteiger partial charge in [-0.3, -0.25) is 4.79 Å². The van der Waals surface area contributed by atoms with Gasteiger partial charge in [0, 0.05) is 22.7 Å². The number of aryl methyl sites for hydroxylation is 1. The molecule has 0 fully saturated rings. The normalized spacial score (nSPS) is 12.0. The monoisotopic (exact) mass is 383 g/mol. The molecular formula is C21H16F3N3O. The Bertz CT molecular complexity index is 1100. The highest BCUT2D eigenvalue weighted by atomic mass is 19.4. The molecule has 2 N–H and O–H groups in total. The number of carbonyl (C=O) groups excluding carboxylic acids is 1. The first-order chi connectivity index (χ1) is 13.3. The van der Waals surface area contributed by atoms with Gasteiger partial charge in [-0.25, -0.2) is 0 Å². The van der Waals surface area contributed by atoms with Crippen molar-refractivity contribution in [2.45, 2.75) is 19.5 Å². The predicted molar refractivity (Wildman–Crippen MR) is 101 cm³/mol.